The van der Waals surface area contributed by atoms with Gasteiger partial charge in [-0.25, -0.2) is 0 Å². The maximum absolute atomic E-state index is 12.2. The first-order chi connectivity index (χ1) is 12.7. The van der Waals surface area contributed by atoms with Gasteiger partial charge >= 0.3 is 0 Å². The molecule has 26 heavy (non-hydrogen) atoms. The Morgan fingerprint density at radius 3 is 2.31 bits per heavy atom. The first-order valence-corrected chi connectivity index (χ1v) is 8.61. The van der Waals surface area contributed by atoms with Crippen LogP contribution >= 0.6 is 0 Å². The molecule has 6 nitrogen and oxygen atoms in total. The fraction of sp³-hybridized carbons (Fsp3) is 0.300. The lowest BCUT2D eigenvalue weighted by Crippen LogP contribution is -2.29. The Bertz CT molecular complexity index is 770. The minimum atomic E-state index is -0.232. The molecule has 0 unspecified atom stereocenters. The van der Waals surface area contributed by atoms with E-state index in [-0.39, 0.29) is 17.9 Å². The summed E-state index contributed by atoms with van der Waals surface area (Å²) in [6.07, 6.45) is 2.06. The van der Waals surface area contributed by atoms with Gasteiger partial charge in [-0.05, 0) is 55.3 Å². The molecular formula is C20H22N2O4. The summed E-state index contributed by atoms with van der Waals surface area (Å²) in [7, 11) is 1.61. The highest BCUT2D eigenvalue weighted by atomic mass is 16.5. The van der Waals surface area contributed by atoms with E-state index in [1.54, 1.807) is 31.4 Å². The van der Waals surface area contributed by atoms with Crippen LogP contribution in [0.15, 0.2) is 48.5 Å². The molecule has 6 heteroatoms. The van der Waals surface area contributed by atoms with Crippen molar-refractivity contribution in [1.82, 2.24) is 10.6 Å². The van der Waals surface area contributed by atoms with Crippen LogP contribution in [-0.2, 0) is 0 Å². The fourth-order valence-corrected chi connectivity index (χ4v) is 2.41. The van der Waals surface area contributed by atoms with Crippen LogP contribution in [-0.4, -0.2) is 38.1 Å². The molecule has 1 saturated carbocycles. The van der Waals surface area contributed by atoms with Gasteiger partial charge in [0.1, 0.15) is 18.1 Å². The molecule has 0 radical (unpaired) electrons. The molecule has 0 saturated heterocycles. The van der Waals surface area contributed by atoms with Crippen LogP contribution in [0.5, 0.6) is 11.5 Å². The van der Waals surface area contributed by atoms with E-state index >= 15 is 0 Å². The van der Waals surface area contributed by atoms with Crippen LogP contribution in [0.25, 0.3) is 0 Å². The van der Waals surface area contributed by atoms with Crippen LogP contribution in [0.2, 0.25) is 0 Å². The maximum Gasteiger partial charge on any atom is 0.251 e. The average molecular weight is 354 g/mol. The number of rotatable bonds is 8. The smallest absolute Gasteiger partial charge is 0.251 e. The van der Waals surface area contributed by atoms with E-state index in [1.165, 1.54) is 0 Å². The third-order valence-electron chi connectivity index (χ3n) is 4.02. The molecule has 1 fully saturated rings. The summed E-state index contributed by atoms with van der Waals surface area (Å²) in [5.41, 5.74) is 0.955. The van der Waals surface area contributed by atoms with Crippen molar-refractivity contribution in [3.63, 3.8) is 0 Å². The molecule has 1 aliphatic carbocycles. The van der Waals surface area contributed by atoms with Gasteiger partial charge in [-0.3, -0.25) is 9.59 Å². The van der Waals surface area contributed by atoms with Gasteiger partial charge in [-0.15, -0.1) is 0 Å². The van der Waals surface area contributed by atoms with Crippen LogP contribution in [0.1, 0.15) is 33.6 Å². The first kappa shape index (κ1) is 17.8. The van der Waals surface area contributed by atoms with Gasteiger partial charge in [-0.1, -0.05) is 6.07 Å². The third kappa shape index (κ3) is 4.99. The molecule has 0 atom stereocenters. The summed E-state index contributed by atoms with van der Waals surface area (Å²) in [5.74, 6) is 1.10. The van der Waals surface area contributed by atoms with Crippen molar-refractivity contribution in [2.75, 3.05) is 20.3 Å². The molecular weight excluding hydrogens is 332 g/mol. The van der Waals surface area contributed by atoms with Crippen molar-refractivity contribution < 1.29 is 19.1 Å². The second-order valence-corrected chi connectivity index (χ2v) is 6.11. The highest BCUT2D eigenvalue weighted by Gasteiger charge is 2.24. The Labute approximate surface area is 152 Å². The lowest BCUT2D eigenvalue weighted by atomic mass is 10.1. The Kier molecular flexibility index (Phi) is 5.73. The molecule has 2 amide bonds. The molecule has 0 spiro atoms. The van der Waals surface area contributed by atoms with E-state index in [4.69, 9.17) is 9.47 Å². The van der Waals surface area contributed by atoms with Gasteiger partial charge in [0, 0.05) is 17.2 Å². The minimum Gasteiger partial charge on any atom is -0.497 e. The Morgan fingerprint density at radius 2 is 1.65 bits per heavy atom. The molecule has 2 aromatic carbocycles. The second-order valence-electron chi connectivity index (χ2n) is 6.11. The molecule has 0 heterocycles. The van der Waals surface area contributed by atoms with Crippen molar-refractivity contribution in [2.45, 2.75) is 18.9 Å². The minimum absolute atomic E-state index is 0.134. The zero-order valence-electron chi connectivity index (χ0n) is 14.7. The first-order valence-electron chi connectivity index (χ1n) is 8.61. The van der Waals surface area contributed by atoms with Gasteiger partial charge in [0.2, 0.25) is 0 Å². The zero-order valence-corrected chi connectivity index (χ0v) is 14.7. The van der Waals surface area contributed by atoms with Gasteiger partial charge in [-0.2, -0.15) is 0 Å². The molecule has 0 bridgehead atoms. The van der Waals surface area contributed by atoms with Crippen molar-refractivity contribution in [3.05, 3.63) is 59.7 Å². The van der Waals surface area contributed by atoms with E-state index in [1.807, 2.05) is 24.3 Å². The number of hydrogen-bond acceptors (Lipinski definition) is 4. The van der Waals surface area contributed by atoms with E-state index in [0.29, 0.717) is 30.0 Å². The predicted molar refractivity (Wildman–Crippen MR) is 97.8 cm³/mol. The average Bonchev–Trinajstić information content (AvgIpc) is 3.49. The maximum atomic E-state index is 12.2. The summed E-state index contributed by atoms with van der Waals surface area (Å²) >= 11 is 0. The standard InChI is InChI=1S/C20H22N2O4/c1-25-17-7-9-18(10-8-17)26-12-11-21-19(23)14-3-2-4-15(13-14)20(24)22-16-5-6-16/h2-4,7-10,13,16H,5-6,11-12H2,1H3,(H,21,23)(H,22,24). The largest absolute Gasteiger partial charge is 0.497 e. The number of hydrogen-bond donors (Lipinski definition) is 2. The molecule has 0 aliphatic heterocycles. The second kappa shape index (κ2) is 8.38. The summed E-state index contributed by atoms with van der Waals surface area (Å²) in [5, 5.41) is 5.71. The molecule has 1 aliphatic rings. The summed E-state index contributed by atoms with van der Waals surface area (Å²) in [6.45, 7) is 0.712. The van der Waals surface area contributed by atoms with Crippen LogP contribution in [0, 0.1) is 0 Å². The summed E-state index contributed by atoms with van der Waals surface area (Å²) in [6, 6.07) is 14.2. The number of carbonyl (C=O) groups excluding carboxylic acids is 2. The van der Waals surface area contributed by atoms with Crippen LogP contribution in [0.3, 0.4) is 0 Å². The van der Waals surface area contributed by atoms with E-state index in [2.05, 4.69) is 10.6 Å². The van der Waals surface area contributed by atoms with Crippen LogP contribution < -0.4 is 20.1 Å². The Morgan fingerprint density at radius 1 is 1.00 bits per heavy atom. The number of amides is 2. The highest BCUT2D eigenvalue weighted by Crippen LogP contribution is 2.19. The quantitative estimate of drug-likeness (QED) is 0.714. The molecule has 2 N–H and O–H groups in total. The SMILES string of the molecule is COc1ccc(OCCNC(=O)c2cccc(C(=O)NC3CC3)c2)cc1. The normalized spacial score (nSPS) is 13.0. The van der Waals surface area contributed by atoms with Crippen LogP contribution in [0.4, 0.5) is 0 Å². The predicted octanol–water partition coefficient (Wildman–Crippen LogP) is 2.40. The monoisotopic (exact) mass is 354 g/mol. The number of methoxy groups -OCH3 is 1. The molecule has 136 valence electrons. The van der Waals surface area contributed by atoms with Crippen molar-refractivity contribution in [2.24, 2.45) is 0 Å². The van der Waals surface area contributed by atoms with Gasteiger partial charge in [0.05, 0.1) is 13.7 Å². The van der Waals surface area contributed by atoms with E-state index in [9.17, 15) is 9.59 Å². The lowest BCUT2D eigenvalue weighted by molar-refractivity contribution is 0.0947. The van der Waals surface area contributed by atoms with E-state index in [0.717, 1.165) is 18.6 Å². The summed E-state index contributed by atoms with van der Waals surface area (Å²) < 4.78 is 10.7. The number of nitrogens with one attached hydrogen (secondary N) is 2. The van der Waals surface area contributed by atoms with E-state index < -0.39 is 0 Å². The number of benzene rings is 2. The Hall–Kier alpha value is -3.02. The van der Waals surface area contributed by atoms with Gasteiger partial charge in [0.15, 0.2) is 0 Å². The third-order valence-corrected chi connectivity index (χ3v) is 4.02. The zero-order chi connectivity index (χ0) is 18.4. The highest BCUT2D eigenvalue weighted by molar-refractivity contribution is 5.99. The van der Waals surface area contributed by atoms with Crippen molar-refractivity contribution in [3.8, 4) is 11.5 Å². The fourth-order valence-electron chi connectivity index (χ4n) is 2.41. The number of carbonyl (C=O) groups is 2. The topological polar surface area (TPSA) is 76.7 Å². The number of ether oxygens (including phenoxy) is 2. The molecule has 0 aromatic heterocycles. The Balaban J connectivity index is 1.46. The lowest BCUT2D eigenvalue weighted by Gasteiger charge is -2.09. The van der Waals surface area contributed by atoms with Crippen molar-refractivity contribution >= 4 is 11.8 Å². The van der Waals surface area contributed by atoms with Crippen molar-refractivity contribution in [1.29, 1.82) is 0 Å². The van der Waals surface area contributed by atoms with Gasteiger partial charge < -0.3 is 20.1 Å². The van der Waals surface area contributed by atoms with Gasteiger partial charge in [0.25, 0.3) is 11.8 Å². The molecule has 2 aromatic rings. The summed E-state index contributed by atoms with van der Waals surface area (Å²) in [4.78, 5) is 24.3. The molecule has 3 rings (SSSR count).